The largest absolute Gasteiger partial charge is 0.329 e. The lowest BCUT2D eigenvalue weighted by molar-refractivity contribution is 0.188. The Hall–Kier alpha value is -0.510. The summed E-state index contributed by atoms with van der Waals surface area (Å²) >= 11 is 1.79. The molecule has 1 aliphatic rings. The molecule has 2 nitrogen and oxygen atoms in total. The lowest BCUT2D eigenvalue weighted by Gasteiger charge is -2.31. The van der Waals surface area contributed by atoms with Gasteiger partial charge in [-0.2, -0.15) is 0 Å². The Morgan fingerprint density at radius 1 is 1.32 bits per heavy atom. The second-order valence-electron chi connectivity index (χ2n) is 5.35. The summed E-state index contributed by atoms with van der Waals surface area (Å²) in [6.07, 6.45) is 7.35. The van der Waals surface area contributed by atoms with Gasteiger partial charge in [-0.25, -0.2) is 0 Å². The minimum Gasteiger partial charge on any atom is -0.329 e. The van der Waals surface area contributed by atoms with Crippen molar-refractivity contribution in [2.45, 2.75) is 49.6 Å². The van der Waals surface area contributed by atoms with Gasteiger partial charge in [0.2, 0.25) is 0 Å². The van der Waals surface area contributed by atoms with Gasteiger partial charge in [0.25, 0.3) is 0 Å². The van der Waals surface area contributed by atoms with Crippen molar-refractivity contribution in [2.75, 3.05) is 19.3 Å². The molecule has 1 fully saturated rings. The lowest BCUT2D eigenvalue weighted by atomic mass is 10.0. The molecule has 1 unspecified atom stereocenters. The molecule has 0 bridgehead atoms. The smallest absolute Gasteiger partial charge is 0.0473 e. The molecule has 1 aromatic rings. The van der Waals surface area contributed by atoms with Crippen molar-refractivity contribution < 1.29 is 0 Å². The van der Waals surface area contributed by atoms with Crippen LogP contribution in [0.3, 0.4) is 0 Å². The maximum atomic E-state index is 6.07. The van der Waals surface area contributed by atoms with E-state index in [0.29, 0.717) is 6.04 Å². The number of benzene rings is 1. The van der Waals surface area contributed by atoms with Crippen LogP contribution in [0.15, 0.2) is 29.2 Å². The zero-order valence-electron chi connectivity index (χ0n) is 12.1. The first kappa shape index (κ1) is 14.9. The van der Waals surface area contributed by atoms with Gasteiger partial charge in [-0.15, -0.1) is 11.8 Å². The highest BCUT2D eigenvalue weighted by atomic mass is 32.2. The van der Waals surface area contributed by atoms with E-state index in [2.05, 4.69) is 42.3 Å². The molecule has 2 N–H and O–H groups in total. The van der Waals surface area contributed by atoms with E-state index in [1.807, 2.05) is 0 Å². The molecule has 0 aliphatic heterocycles. The van der Waals surface area contributed by atoms with Gasteiger partial charge < -0.3 is 5.73 Å². The van der Waals surface area contributed by atoms with Gasteiger partial charge in [-0.05, 0) is 49.8 Å². The number of nitrogens with two attached hydrogens (primary N) is 1. The van der Waals surface area contributed by atoms with Crippen molar-refractivity contribution in [2.24, 2.45) is 5.73 Å². The Labute approximate surface area is 121 Å². The number of nitrogens with zero attached hydrogens (tertiary/aromatic N) is 1. The van der Waals surface area contributed by atoms with Crippen LogP contribution in [0.4, 0.5) is 0 Å². The van der Waals surface area contributed by atoms with Crippen LogP contribution in [0, 0.1) is 0 Å². The van der Waals surface area contributed by atoms with Crippen LogP contribution in [0.5, 0.6) is 0 Å². The molecule has 1 aromatic carbocycles. The molecule has 0 aromatic heterocycles. The zero-order valence-corrected chi connectivity index (χ0v) is 13.0. The van der Waals surface area contributed by atoms with Crippen LogP contribution in [-0.4, -0.2) is 30.3 Å². The molecule has 0 radical (unpaired) electrons. The fourth-order valence-corrected chi connectivity index (χ4v) is 3.04. The predicted molar refractivity (Wildman–Crippen MR) is 84.7 cm³/mol. The first-order valence-corrected chi connectivity index (χ1v) is 8.62. The van der Waals surface area contributed by atoms with Crippen molar-refractivity contribution in [3.63, 3.8) is 0 Å². The van der Waals surface area contributed by atoms with Gasteiger partial charge in [0, 0.05) is 23.5 Å². The third kappa shape index (κ3) is 3.98. The molecule has 3 heteroatoms. The highest BCUT2D eigenvalue weighted by Crippen LogP contribution is 2.34. The Bertz CT molecular complexity index is 373. The topological polar surface area (TPSA) is 29.3 Å². The number of hydrogen-bond donors (Lipinski definition) is 1. The van der Waals surface area contributed by atoms with Gasteiger partial charge >= 0.3 is 0 Å². The highest BCUT2D eigenvalue weighted by molar-refractivity contribution is 7.98. The van der Waals surface area contributed by atoms with Crippen LogP contribution in [0.25, 0.3) is 0 Å². The summed E-state index contributed by atoms with van der Waals surface area (Å²) < 4.78 is 0. The Balaban J connectivity index is 2.10. The molecule has 19 heavy (non-hydrogen) atoms. The summed E-state index contributed by atoms with van der Waals surface area (Å²) in [5.41, 5.74) is 7.44. The summed E-state index contributed by atoms with van der Waals surface area (Å²) in [6, 6.07) is 10.1. The summed E-state index contributed by atoms with van der Waals surface area (Å²) in [5.74, 6) is 0. The molecule has 0 saturated heterocycles. The lowest BCUT2D eigenvalue weighted by Crippen LogP contribution is -2.36. The van der Waals surface area contributed by atoms with E-state index in [4.69, 9.17) is 5.73 Å². The summed E-state index contributed by atoms with van der Waals surface area (Å²) in [5, 5.41) is 0. The van der Waals surface area contributed by atoms with E-state index in [1.54, 1.807) is 11.8 Å². The van der Waals surface area contributed by atoms with Gasteiger partial charge in [0.1, 0.15) is 0 Å². The quantitative estimate of drug-likeness (QED) is 0.736. The minimum absolute atomic E-state index is 0.398. The summed E-state index contributed by atoms with van der Waals surface area (Å²) in [6.45, 7) is 4.17. The van der Waals surface area contributed by atoms with E-state index in [-0.39, 0.29) is 0 Å². The number of unbranched alkanes of at least 4 members (excludes halogenated alkanes) is 1. The third-order valence-electron chi connectivity index (χ3n) is 3.91. The standard InChI is InChI=1S/C16H26N2S/c1-3-4-11-18(14-7-8-14)16(12-17)13-5-9-15(19-2)10-6-13/h5-6,9-10,14,16H,3-4,7-8,11-12,17H2,1-2H3. The van der Waals surface area contributed by atoms with Crippen molar-refractivity contribution in [1.29, 1.82) is 0 Å². The van der Waals surface area contributed by atoms with Crippen molar-refractivity contribution >= 4 is 11.8 Å². The van der Waals surface area contributed by atoms with E-state index in [9.17, 15) is 0 Å². The van der Waals surface area contributed by atoms with E-state index in [1.165, 1.54) is 42.7 Å². The van der Waals surface area contributed by atoms with E-state index < -0.39 is 0 Å². The molecule has 2 rings (SSSR count). The molecular formula is C16H26N2S. The average Bonchev–Trinajstić information content (AvgIpc) is 3.28. The average molecular weight is 278 g/mol. The van der Waals surface area contributed by atoms with Crippen molar-refractivity contribution in [1.82, 2.24) is 4.90 Å². The molecule has 106 valence electrons. The minimum atomic E-state index is 0.398. The molecule has 0 heterocycles. The number of thioether (sulfide) groups is 1. The van der Waals surface area contributed by atoms with Crippen LogP contribution < -0.4 is 5.73 Å². The Morgan fingerprint density at radius 2 is 2.00 bits per heavy atom. The fourth-order valence-electron chi connectivity index (χ4n) is 2.63. The maximum absolute atomic E-state index is 6.07. The first-order chi connectivity index (χ1) is 9.30. The normalized spacial score (nSPS) is 16.8. The van der Waals surface area contributed by atoms with Gasteiger partial charge in [-0.1, -0.05) is 25.5 Å². The molecular weight excluding hydrogens is 252 g/mol. The number of hydrogen-bond acceptors (Lipinski definition) is 3. The maximum Gasteiger partial charge on any atom is 0.0473 e. The van der Waals surface area contributed by atoms with Crippen LogP contribution in [0.1, 0.15) is 44.2 Å². The zero-order chi connectivity index (χ0) is 13.7. The van der Waals surface area contributed by atoms with Gasteiger partial charge in [-0.3, -0.25) is 4.90 Å². The molecule has 1 saturated carbocycles. The summed E-state index contributed by atoms with van der Waals surface area (Å²) in [4.78, 5) is 3.96. The van der Waals surface area contributed by atoms with Crippen molar-refractivity contribution in [3.8, 4) is 0 Å². The Kier molecular flexibility index (Phi) is 5.74. The SMILES string of the molecule is CCCCN(C1CC1)C(CN)c1ccc(SC)cc1. The van der Waals surface area contributed by atoms with Crippen LogP contribution >= 0.6 is 11.8 Å². The Morgan fingerprint density at radius 3 is 2.47 bits per heavy atom. The second-order valence-corrected chi connectivity index (χ2v) is 6.23. The second kappa shape index (κ2) is 7.32. The fraction of sp³-hybridized carbons (Fsp3) is 0.625. The third-order valence-corrected chi connectivity index (χ3v) is 4.65. The van der Waals surface area contributed by atoms with E-state index >= 15 is 0 Å². The number of rotatable bonds is 8. The molecule has 0 amide bonds. The molecule has 1 aliphatic carbocycles. The van der Waals surface area contributed by atoms with Gasteiger partial charge in [0.15, 0.2) is 0 Å². The monoisotopic (exact) mass is 278 g/mol. The molecule has 0 spiro atoms. The highest BCUT2D eigenvalue weighted by Gasteiger charge is 2.33. The van der Waals surface area contributed by atoms with Crippen LogP contribution in [-0.2, 0) is 0 Å². The first-order valence-electron chi connectivity index (χ1n) is 7.40. The molecule has 1 atom stereocenters. The van der Waals surface area contributed by atoms with Crippen LogP contribution in [0.2, 0.25) is 0 Å². The van der Waals surface area contributed by atoms with Crippen molar-refractivity contribution in [3.05, 3.63) is 29.8 Å². The van der Waals surface area contributed by atoms with Gasteiger partial charge in [0.05, 0.1) is 0 Å². The summed E-state index contributed by atoms with van der Waals surface area (Å²) in [7, 11) is 0. The predicted octanol–water partition coefficient (Wildman–Crippen LogP) is 3.67. The van der Waals surface area contributed by atoms with E-state index in [0.717, 1.165) is 12.6 Å².